The largest absolute Gasteiger partial charge is 0.468 e. The summed E-state index contributed by atoms with van der Waals surface area (Å²) in [5.41, 5.74) is 1.03. The van der Waals surface area contributed by atoms with Crippen molar-refractivity contribution in [2.75, 3.05) is 0 Å². The zero-order valence-corrected chi connectivity index (χ0v) is 11.8. The van der Waals surface area contributed by atoms with Crippen LogP contribution in [-0.2, 0) is 0 Å². The van der Waals surface area contributed by atoms with E-state index in [4.69, 9.17) is 27.6 Å². The summed E-state index contributed by atoms with van der Waals surface area (Å²) < 4.78 is 5.36. The van der Waals surface area contributed by atoms with Gasteiger partial charge in [0.2, 0.25) is 0 Å². The van der Waals surface area contributed by atoms with E-state index in [1.165, 1.54) is 0 Å². The van der Waals surface area contributed by atoms with Gasteiger partial charge < -0.3 is 9.73 Å². The highest BCUT2D eigenvalue weighted by molar-refractivity contribution is 6.35. The van der Waals surface area contributed by atoms with Gasteiger partial charge in [0.15, 0.2) is 0 Å². The fourth-order valence-corrected chi connectivity index (χ4v) is 2.51. The van der Waals surface area contributed by atoms with Gasteiger partial charge in [0.25, 0.3) is 0 Å². The van der Waals surface area contributed by atoms with Crippen LogP contribution in [0.3, 0.4) is 0 Å². The molecule has 96 valence electrons. The first-order valence-electron chi connectivity index (χ1n) is 5.82. The first-order chi connectivity index (χ1) is 8.58. The SMILES string of the molecule is CC(N[C@H](C)c1ccco1)c1ccc(Cl)cc1Cl. The van der Waals surface area contributed by atoms with E-state index in [1.807, 2.05) is 24.3 Å². The van der Waals surface area contributed by atoms with Crippen LogP contribution in [-0.4, -0.2) is 0 Å². The third kappa shape index (κ3) is 3.08. The Bertz CT molecular complexity index is 511. The van der Waals surface area contributed by atoms with Crippen LogP contribution in [0.4, 0.5) is 0 Å². The highest BCUT2D eigenvalue weighted by atomic mass is 35.5. The van der Waals surface area contributed by atoms with Crippen LogP contribution < -0.4 is 5.32 Å². The van der Waals surface area contributed by atoms with E-state index in [0.717, 1.165) is 11.3 Å². The number of benzene rings is 1. The van der Waals surface area contributed by atoms with Crippen molar-refractivity contribution in [3.8, 4) is 0 Å². The first-order valence-corrected chi connectivity index (χ1v) is 6.58. The molecular weight excluding hydrogens is 269 g/mol. The summed E-state index contributed by atoms with van der Waals surface area (Å²) in [4.78, 5) is 0. The highest BCUT2D eigenvalue weighted by Crippen LogP contribution is 2.27. The molecular formula is C14H15Cl2NO. The average molecular weight is 284 g/mol. The molecule has 0 saturated carbocycles. The van der Waals surface area contributed by atoms with E-state index < -0.39 is 0 Å². The standard InChI is InChI=1S/C14H15Cl2NO/c1-9(12-6-5-11(15)8-13(12)16)17-10(2)14-4-3-7-18-14/h3-10,17H,1-2H3/t9?,10-/m1/s1. The summed E-state index contributed by atoms with van der Waals surface area (Å²) >= 11 is 12.1. The second kappa shape index (κ2) is 5.79. The number of nitrogens with one attached hydrogen (secondary N) is 1. The molecule has 2 nitrogen and oxygen atoms in total. The normalized spacial score (nSPS) is 14.4. The lowest BCUT2D eigenvalue weighted by molar-refractivity contribution is 0.403. The maximum atomic E-state index is 6.18. The zero-order valence-electron chi connectivity index (χ0n) is 10.3. The molecule has 1 heterocycles. The van der Waals surface area contributed by atoms with Crippen molar-refractivity contribution in [1.29, 1.82) is 0 Å². The van der Waals surface area contributed by atoms with Crippen molar-refractivity contribution in [3.63, 3.8) is 0 Å². The number of rotatable bonds is 4. The Labute approximate surface area is 117 Å². The third-order valence-corrected chi connectivity index (χ3v) is 3.46. The van der Waals surface area contributed by atoms with Crippen LogP contribution in [0.15, 0.2) is 41.0 Å². The van der Waals surface area contributed by atoms with Gasteiger partial charge in [-0.2, -0.15) is 0 Å². The summed E-state index contributed by atoms with van der Waals surface area (Å²) in [5, 5.41) is 4.76. The first kappa shape index (κ1) is 13.5. The molecule has 0 amide bonds. The summed E-state index contributed by atoms with van der Waals surface area (Å²) in [6.07, 6.45) is 1.67. The second-order valence-electron chi connectivity index (χ2n) is 4.29. The molecule has 0 saturated heterocycles. The van der Waals surface area contributed by atoms with Crippen LogP contribution in [0.5, 0.6) is 0 Å². The quantitative estimate of drug-likeness (QED) is 0.854. The molecule has 0 spiro atoms. The van der Waals surface area contributed by atoms with Crippen molar-refractivity contribution in [2.45, 2.75) is 25.9 Å². The molecule has 0 radical (unpaired) electrons. The van der Waals surface area contributed by atoms with Crippen LogP contribution >= 0.6 is 23.2 Å². The smallest absolute Gasteiger partial charge is 0.120 e. The lowest BCUT2D eigenvalue weighted by Gasteiger charge is -2.20. The summed E-state index contributed by atoms with van der Waals surface area (Å²) in [5.74, 6) is 0.909. The molecule has 1 unspecified atom stereocenters. The minimum atomic E-state index is 0.120. The summed E-state index contributed by atoms with van der Waals surface area (Å²) in [6, 6.07) is 9.63. The maximum Gasteiger partial charge on any atom is 0.120 e. The van der Waals surface area contributed by atoms with Gasteiger partial charge in [-0.1, -0.05) is 29.3 Å². The van der Waals surface area contributed by atoms with Crippen LogP contribution in [0.2, 0.25) is 10.0 Å². The van der Waals surface area contributed by atoms with E-state index in [0.29, 0.717) is 10.0 Å². The number of hydrogen-bond acceptors (Lipinski definition) is 2. The molecule has 1 aromatic heterocycles. The summed E-state index contributed by atoms with van der Waals surface area (Å²) in [7, 11) is 0. The molecule has 0 aliphatic carbocycles. The van der Waals surface area contributed by atoms with Crippen molar-refractivity contribution in [3.05, 3.63) is 58.0 Å². The molecule has 2 atom stereocenters. The van der Waals surface area contributed by atoms with E-state index in [2.05, 4.69) is 19.2 Å². The molecule has 18 heavy (non-hydrogen) atoms. The fraction of sp³-hybridized carbons (Fsp3) is 0.286. The van der Waals surface area contributed by atoms with Crippen LogP contribution in [0, 0.1) is 0 Å². The topological polar surface area (TPSA) is 25.2 Å². The minimum Gasteiger partial charge on any atom is -0.468 e. The van der Waals surface area contributed by atoms with Crippen LogP contribution in [0.25, 0.3) is 0 Å². The second-order valence-corrected chi connectivity index (χ2v) is 5.13. The minimum absolute atomic E-state index is 0.120. The van der Waals surface area contributed by atoms with Gasteiger partial charge in [-0.25, -0.2) is 0 Å². The van der Waals surface area contributed by atoms with Gasteiger partial charge in [-0.05, 0) is 43.7 Å². The molecule has 0 aliphatic rings. The molecule has 2 aromatic rings. The molecule has 0 fully saturated rings. The van der Waals surface area contributed by atoms with Crippen molar-refractivity contribution in [2.24, 2.45) is 0 Å². The number of halogens is 2. The van der Waals surface area contributed by atoms with E-state index >= 15 is 0 Å². The van der Waals surface area contributed by atoms with Gasteiger partial charge in [-0.3, -0.25) is 0 Å². The summed E-state index contributed by atoms with van der Waals surface area (Å²) in [6.45, 7) is 4.12. The van der Waals surface area contributed by atoms with E-state index in [-0.39, 0.29) is 12.1 Å². The predicted octanol–water partition coefficient (Wildman–Crippen LogP) is 5.00. The monoisotopic (exact) mass is 283 g/mol. The highest BCUT2D eigenvalue weighted by Gasteiger charge is 2.15. The Kier molecular flexibility index (Phi) is 4.33. The molecule has 0 aliphatic heterocycles. The van der Waals surface area contributed by atoms with Gasteiger partial charge in [0.05, 0.1) is 12.3 Å². The van der Waals surface area contributed by atoms with Gasteiger partial charge >= 0.3 is 0 Å². The Morgan fingerprint density at radius 3 is 2.50 bits per heavy atom. The van der Waals surface area contributed by atoms with Gasteiger partial charge in [0, 0.05) is 16.1 Å². The molecule has 4 heteroatoms. The van der Waals surface area contributed by atoms with Crippen molar-refractivity contribution < 1.29 is 4.42 Å². The number of furan rings is 1. The Morgan fingerprint density at radius 2 is 1.89 bits per heavy atom. The fourth-order valence-electron chi connectivity index (χ4n) is 1.94. The molecule has 2 rings (SSSR count). The Balaban J connectivity index is 2.10. The molecule has 1 aromatic carbocycles. The van der Waals surface area contributed by atoms with E-state index in [1.54, 1.807) is 12.3 Å². The maximum absolute atomic E-state index is 6.18. The molecule has 1 N–H and O–H groups in total. The van der Waals surface area contributed by atoms with E-state index in [9.17, 15) is 0 Å². The lowest BCUT2D eigenvalue weighted by atomic mass is 10.1. The van der Waals surface area contributed by atoms with Crippen LogP contribution in [0.1, 0.15) is 37.3 Å². The van der Waals surface area contributed by atoms with Gasteiger partial charge in [-0.15, -0.1) is 0 Å². The molecule has 0 bridgehead atoms. The Hall–Kier alpha value is -0.960. The Morgan fingerprint density at radius 1 is 1.11 bits per heavy atom. The van der Waals surface area contributed by atoms with Crippen molar-refractivity contribution in [1.82, 2.24) is 5.32 Å². The third-order valence-electron chi connectivity index (χ3n) is 2.90. The predicted molar refractivity (Wildman–Crippen MR) is 75.1 cm³/mol. The van der Waals surface area contributed by atoms with Crippen molar-refractivity contribution >= 4 is 23.2 Å². The van der Waals surface area contributed by atoms with Gasteiger partial charge in [0.1, 0.15) is 5.76 Å². The average Bonchev–Trinajstić information content (AvgIpc) is 2.81. The number of hydrogen-bond donors (Lipinski definition) is 1. The zero-order chi connectivity index (χ0) is 13.1. The lowest BCUT2D eigenvalue weighted by Crippen LogP contribution is -2.22.